The van der Waals surface area contributed by atoms with Crippen molar-refractivity contribution in [1.29, 1.82) is 0 Å². The SMILES string of the molecule is OC/C=C1\C[N+]2(C3C=CCCC3)CCC34c5ccccc5N5/C=C6/C7CC8C9(CC[N+]8(C8C=CCCC8)C/C7=C/CO)c7ccccc7N(/C=C(/C1CC32)C54)C69. The lowest BCUT2D eigenvalue weighted by atomic mass is 9.55. The Morgan fingerprint density at radius 1 is 0.643 bits per heavy atom. The Bertz CT molecular complexity index is 2080. The lowest BCUT2D eigenvalue weighted by molar-refractivity contribution is -0.959. The van der Waals surface area contributed by atoms with E-state index in [1.54, 1.807) is 22.3 Å². The van der Waals surface area contributed by atoms with E-state index in [2.05, 4.69) is 107 Å². The molecule has 6 fully saturated rings. The molecule has 56 heavy (non-hydrogen) atoms. The number of quaternary nitrogens is 2. The minimum atomic E-state index is 0.0377. The Morgan fingerprint density at radius 3 is 1.54 bits per heavy atom. The molecule has 12 unspecified atom stereocenters. The van der Waals surface area contributed by atoms with Crippen molar-refractivity contribution in [2.45, 2.75) is 111 Å². The Hall–Kier alpha value is -3.68. The number of anilines is 2. The zero-order valence-corrected chi connectivity index (χ0v) is 32.9. The molecule has 7 aliphatic heterocycles. The van der Waals surface area contributed by atoms with Crippen LogP contribution in [-0.2, 0) is 10.8 Å². The Kier molecular flexibility index (Phi) is 6.84. The highest BCUT2D eigenvalue weighted by atomic mass is 16.3. The van der Waals surface area contributed by atoms with Crippen LogP contribution in [0.5, 0.6) is 0 Å². The first-order chi connectivity index (χ1) is 27.6. The summed E-state index contributed by atoms with van der Waals surface area (Å²) in [7, 11) is 0. The van der Waals surface area contributed by atoms with Crippen LogP contribution in [0.25, 0.3) is 0 Å². The third-order valence-electron chi connectivity index (χ3n) is 18.5. The zero-order chi connectivity index (χ0) is 37.0. The van der Waals surface area contributed by atoms with Crippen molar-refractivity contribution >= 4 is 11.4 Å². The number of fused-ring (bicyclic) bond motifs is 8. The molecule has 2 N–H and O–H groups in total. The van der Waals surface area contributed by atoms with Crippen molar-refractivity contribution in [1.82, 2.24) is 0 Å². The molecule has 6 heteroatoms. The number of nitrogens with zero attached hydrogens (tertiary/aromatic N) is 4. The van der Waals surface area contributed by atoms with Crippen molar-refractivity contribution < 1.29 is 19.2 Å². The molecule has 4 saturated heterocycles. The molecule has 4 bridgehead atoms. The van der Waals surface area contributed by atoms with Crippen molar-refractivity contribution in [3.63, 3.8) is 0 Å². The molecule has 2 aromatic rings. The van der Waals surface area contributed by atoms with Crippen LogP contribution in [0.2, 0.25) is 0 Å². The van der Waals surface area contributed by atoms with Crippen molar-refractivity contribution in [3.8, 4) is 0 Å². The topological polar surface area (TPSA) is 46.9 Å². The maximum atomic E-state index is 10.7. The number of benzene rings is 2. The van der Waals surface area contributed by atoms with Gasteiger partial charge in [-0.15, -0.1) is 0 Å². The Balaban J connectivity index is 1.08. The van der Waals surface area contributed by atoms with Gasteiger partial charge >= 0.3 is 0 Å². The van der Waals surface area contributed by atoms with E-state index in [9.17, 15) is 10.2 Å². The largest absolute Gasteiger partial charge is 0.392 e. The van der Waals surface area contributed by atoms with Gasteiger partial charge in [-0.25, -0.2) is 0 Å². The predicted molar refractivity (Wildman–Crippen MR) is 222 cm³/mol. The number of allylic oxidation sites excluding steroid dienone is 2. The summed E-state index contributed by atoms with van der Waals surface area (Å²) < 4.78 is 2.34. The molecular weight excluding hydrogens is 689 g/mol. The van der Waals surface area contributed by atoms with Crippen molar-refractivity contribution in [2.75, 3.05) is 49.2 Å². The monoisotopic (exact) mass is 746 g/mol. The fourth-order valence-electron chi connectivity index (χ4n) is 16.8. The van der Waals surface area contributed by atoms with Crippen LogP contribution >= 0.6 is 0 Å². The van der Waals surface area contributed by atoms with E-state index < -0.39 is 0 Å². The van der Waals surface area contributed by atoms with Crippen molar-refractivity contribution in [2.24, 2.45) is 11.8 Å². The van der Waals surface area contributed by atoms with E-state index in [0.717, 1.165) is 13.1 Å². The number of aliphatic hydroxyl groups excluding tert-OH is 2. The van der Waals surface area contributed by atoms with Crippen LogP contribution in [0.1, 0.15) is 75.3 Å². The van der Waals surface area contributed by atoms with Gasteiger partial charge in [0.1, 0.15) is 37.3 Å². The average Bonchev–Trinajstić information content (AvgIpc) is 3.95. The van der Waals surface area contributed by atoms with Gasteiger partial charge in [0, 0.05) is 74.1 Å². The second kappa shape index (κ2) is 11.5. The maximum Gasteiger partial charge on any atom is 0.108 e. The maximum absolute atomic E-state index is 10.7. The van der Waals surface area contributed by atoms with Crippen molar-refractivity contribution in [3.05, 3.63) is 131 Å². The number of piperidine rings is 2. The molecule has 0 amide bonds. The van der Waals surface area contributed by atoms with E-state index in [1.165, 1.54) is 109 Å². The van der Waals surface area contributed by atoms with Crippen LogP contribution < -0.4 is 9.80 Å². The first-order valence-corrected chi connectivity index (χ1v) is 22.4. The van der Waals surface area contributed by atoms with Crippen LogP contribution in [0.15, 0.2) is 120 Å². The van der Waals surface area contributed by atoms with Gasteiger partial charge in [0.2, 0.25) is 0 Å². The summed E-state index contributed by atoms with van der Waals surface area (Å²) in [5.41, 5.74) is 12.3. The molecule has 13 rings (SSSR count). The molecule has 2 aromatic carbocycles. The Morgan fingerprint density at radius 2 is 1.11 bits per heavy atom. The first kappa shape index (κ1) is 33.3. The highest BCUT2D eigenvalue weighted by Crippen LogP contribution is 2.70. The highest BCUT2D eigenvalue weighted by molar-refractivity contribution is 5.77. The zero-order valence-electron chi connectivity index (χ0n) is 32.9. The van der Waals surface area contributed by atoms with Gasteiger partial charge in [-0.1, -0.05) is 60.7 Å². The standard InChI is InChI=1S/C50H58N4O2/c55-25-19-33-31-53(35-11-3-1-4-12-35)23-21-49-41-15-7-9-17-43(41)51-30-40-38-28-46-50(22-24-54(46,32-34(38)20-26-56)36-13-5-2-6-14-36)42-16-8-10-18-44(42)52(48(40)50)29-39(47(49)51)37(33)27-45(49)53/h3,5,7-11,13,15-20,29-30,35-38,45-48,55-56H,1-2,4,6,12,14,21-28,31-32H2/q+2/b33-19-,34-20+,39-29-,40-30-. The Labute approximate surface area is 332 Å². The smallest absolute Gasteiger partial charge is 0.108 e. The number of para-hydroxylation sites is 2. The van der Waals surface area contributed by atoms with Gasteiger partial charge in [0.25, 0.3) is 0 Å². The molecule has 0 aromatic heterocycles. The van der Waals surface area contributed by atoms with Gasteiger partial charge in [0.05, 0.1) is 49.2 Å². The van der Waals surface area contributed by atoms with E-state index in [4.69, 9.17) is 0 Å². The molecular formula is C50H58N4O2+2. The van der Waals surface area contributed by atoms with E-state index in [0.29, 0.717) is 36.0 Å². The molecule has 11 aliphatic rings. The van der Waals surface area contributed by atoms with Crippen LogP contribution in [0.3, 0.4) is 0 Å². The summed E-state index contributed by atoms with van der Waals surface area (Å²) in [4.78, 5) is 5.68. The lowest BCUT2D eigenvalue weighted by Gasteiger charge is -2.61. The second-order valence-electron chi connectivity index (χ2n) is 19.8. The van der Waals surface area contributed by atoms with Crippen LogP contribution in [0, 0.1) is 11.8 Å². The summed E-state index contributed by atoms with van der Waals surface area (Å²) in [6, 6.07) is 21.9. The molecule has 2 spiro atoms. The summed E-state index contributed by atoms with van der Waals surface area (Å²) in [5.74, 6) is 0.660. The number of rotatable bonds is 4. The number of hydrogen-bond donors (Lipinski definition) is 2. The van der Waals surface area contributed by atoms with Crippen LogP contribution in [0.4, 0.5) is 11.4 Å². The number of aliphatic hydroxyl groups is 2. The third-order valence-corrected chi connectivity index (χ3v) is 18.5. The summed E-state index contributed by atoms with van der Waals surface area (Å²) >= 11 is 0. The summed E-state index contributed by atoms with van der Waals surface area (Å²) in [6.45, 7) is 4.78. The van der Waals surface area contributed by atoms with Gasteiger partial charge < -0.3 is 29.0 Å². The predicted octanol–water partition coefficient (Wildman–Crippen LogP) is 7.32. The van der Waals surface area contributed by atoms with E-state index >= 15 is 0 Å². The fourth-order valence-corrected chi connectivity index (χ4v) is 16.8. The average molecular weight is 747 g/mol. The number of hydrogen-bond acceptors (Lipinski definition) is 4. The molecule has 4 aliphatic carbocycles. The van der Waals surface area contributed by atoms with Gasteiger partial charge in [-0.2, -0.15) is 0 Å². The van der Waals surface area contributed by atoms with E-state index in [1.807, 2.05) is 0 Å². The molecule has 6 nitrogen and oxygen atoms in total. The molecule has 7 heterocycles. The molecule has 12 atom stereocenters. The molecule has 2 saturated carbocycles. The fraction of sp³-hybridized carbons (Fsp3) is 0.520. The minimum absolute atomic E-state index is 0.0377. The van der Waals surface area contributed by atoms with Gasteiger partial charge in [-0.3, -0.25) is 0 Å². The highest BCUT2D eigenvalue weighted by Gasteiger charge is 2.76. The summed E-state index contributed by atoms with van der Waals surface area (Å²) in [6.07, 6.45) is 32.4. The summed E-state index contributed by atoms with van der Waals surface area (Å²) in [5, 5.41) is 21.4. The lowest BCUT2D eigenvalue weighted by Crippen LogP contribution is -2.71. The second-order valence-corrected chi connectivity index (χ2v) is 19.8. The first-order valence-electron chi connectivity index (χ1n) is 22.4. The van der Waals surface area contributed by atoms with E-state index in [-0.39, 0.29) is 36.1 Å². The minimum Gasteiger partial charge on any atom is -0.392 e. The molecule has 0 radical (unpaired) electrons. The normalized spacial score (nSPS) is 47.4. The van der Waals surface area contributed by atoms with Gasteiger partial charge in [-0.05, 0) is 83.4 Å². The van der Waals surface area contributed by atoms with Crippen LogP contribution in [-0.4, -0.2) is 94.8 Å². The third kappa shape index (κ3) is 3.76. The van der Waals surface area contributed by atoms with Gasteiger partial charge in [0.15, 0.2) is 0 Å². The molecule has 288 valence electrons. The quantitative estimate of drug-likeness (QED) is 0.255.